The number of amides is 2. The largest absolute Gasteiger partial charge is 0.497 e. The molecule has 0 saturated carbocycles. The van der Waals surface area contributed by atoms with Crippen LogP contribution in [0.2, 0.25) is 0 Å². The summed E-state index contributed by atoms with van der Waals surface area (Å²) in [5, 5.41) is 9.66. The van der Waals surface area contributed by atoms with Crippen molar-refractivity contribution in [2.24, 2.45) is 0 Å². The fourth-order valence-electron chi connectivity index (χ4n) is 2.99. The lowest BCUT2D eigenvalue weighted by Gasteiger charge is -2.11. The van der Waals surface area contributed by atoms with Gasteiger partial charge in [-0.05, 0) is 60.7 Å². The van der Waals surface area contributed by atoms with Crippen LogP contribution in [0.3, 0.4) is 0 Å². The zero-order chi connectivity index (χ0) is 23.2. The Balaban J connectivity index is 1.41. The van der Waals surface area contributed by atoms with E-state index in [1.54, 1.807) is 37.4 Å². The van der Waals surface area contributed by atoms with Gasteiger partial charge in [-0.1, -0.05) is 6.07 Å². The van der Waals surface area contributed by atoms with Crippen LogP contribution in [0.4, 0.5) is 15.9 Å². The fraction of sp³-hybridized carbons (Fsp3) is 0.0435. The van der Waals surface area contributed by atoms with E-state index >= 15 is 0 Å². The SMILES string of the molecule is COc1ccc(-c2cc(C(=O)NNC(=O)c3cccnc3Nc3cccc(F)c3)[nH]n2)cc1. The average molecular weight is 446 g/mol. The number of nitrogens with one attached hydrogen (secondary N) is 4. The summed E-state index contributed by atoms with van der Waals surface area (Å²) in [5.41, 5.74) is 6.77. The number of ether oxygens (including phenoxy) is 1. The quantitative estimate of drug-likeness (QED) is 0.337. The van der Waals surface area contributed by atoms with Crippen molar-refractivity contribution in [3.63, 3.8) is 0 Å². The van der Waals surface area contributed by atoms with Gasteiger partial charge in [0.05, 0.1) is 18.4 Å². The Morgan fingerprint density at radius 1 is 0.970 bits per heavy atom. The molecule has 10 heteroatoms. The second kappa shape index (κ2) is 9.60. The van der Waals surface area contributed by atoms with Crippen LogP contribution in [0, 0.1) is 5.82 Å². The van der Waals surface area contributed by atoms with Crippen molar-refractivity contribution in [3.05, 3.63) is 90.0 Å². The summed E-state index contributed by atoms with van der Waals surface area (Å²) in [6, 6.07) is 17.6. The predicted octanol–water partition coefficient (Wildman–Crippen LogP) is 3.44. The van der Waals surface area contributed by atoms with Gasteiger partial charge in [0.15, 0.2) is 0 Å². The van der Waals surface area contributed by atoms with E-state index in [2.05, 4.69) is 31.3 Å². The monoisotopic (exact) mass is 446 g/mol. The average Bonchev–Trinajstić information content (AvgIpc) is 3.33. The third-order valence-corrected chi connectivity index (χ3v) is 4.64. The highest BCUT2D eigenvalue weighted by atomic mass is 19.1. The lowest BCUT2D eigenvalue weighted by atomic mass is 10.1. The van der Waals surface area contributed by atoms with E-state index in [1.807, 2.05) is 12.1 Å². The van der Waals surface area contributed by atoms with E-state index in [0.717, 1.165) is 5.56 Å². The van der Waals surface area contributed by atoms with Crippen molar-refractivity contribution in [1.29, 1.82) is 0 Å². The molecule has 0 fully saturated rings. The molecule has 33 heavy (non-hydrogen) atoms. The number of carbonyl (C=O) groups excluding carboxylic acids is 2. The molecule has 2 aromatic carbocycles. The highest BCUT2D eigenvalue weighted by Crippen LogP contribution is 2.21. The van der Waals surface area contributed by atoms with Crippen LogP contribution < -0.4 is 20.9 Å². The van der Waals surface area contributed by atoms with Gasteiger partial charge in [-0.3, -0.25) is 25.5 Å². The van der Waals surface area contributed by atoms with Crippen LogP contribution in [-0.2, 0) is 0 Å². The van der Waals surface area contributed by atoms with E-state index in [1.165, 1.54) is 30.5 Å². The second-order valence-corrected chi connectivity index (χ2v) is 6.84. The molecule has 4 aromatic rings. The Bertz CT molecular complexity index is 1290. The smallest absolute Gasteiger partial charge is 0.287 e. The van der Waals surface area contributed by atoms with Crippen LogP contribution in [0.25, 0.3) is 11.3 Å². The Hall–Kier alpha value is -4.73. The number of hydrogen-bond acceptors (Lipinski definition) is 6. The van der Waals surface area contributed by atoms with Crippen LogP contribution in [0.15, 0.2) is 72.9 Å². The third kappa shape index (κ3) is 5.13. The van der Waals surface area contributed by atoms with E-state index in [0.29, 0.717) is 17.1 Å². The second-order valence-electron chi connectivity index (χ2n) is 6.84. The molecule has 2 aromatic heterocycles. The van der Waals surface area contributed by atoms with Gasteiger partial charge < -0.3 is 10.1 Å². The van der Waals surface area contributed by atoms with Gasteiger partial charge in [0.2, 0.25) is 0 Å². The van der Waals surface area contributed by atoms with E-state index < -0.39 is 17.6 Å². The molecule has 0 unspecified atom stereocenters. The van der Waals surface area contributed by atoms with Gasteiger partial charge in [0.25, 0.3) is 11.8 Å². The summed E-state index contributed by atoms with van der Waals surface area (Å²) in [7, 11) is 1.58. The van der Waals surface area contributed by atoms with Gasteiger partial charge in [-0.2, -0.15) is 5.10 Å². The van der Waals surface area contributed by atoms with Gasteiger partial charge in [-0.15, -0.1) is 0 Å². The Morgan fingerprint density at radius 2 is 1.76 bits per heavy atom. The molecule has 0 atom stereocenters. The summed E-state index contributed by atoms with van der Waals surface area (Å²) in [6.07, 6.45) is 1.49. The highest BCUT2D eigenvalue weighted by Gasteiger charge is 2.16. The molecule has 0 aliphatic rings. The lowest BCUT2D eigenvalue weighted by molar-refractivity contribution is 0.0844. The van der Waals surface area contributed by atoms with Crippen molar-refractivity contribution in [3.8, 4) is 17.0 Å². The number of carbonyl (C=O) groups is 2. The van der Waals surface area contributed by atoms with Crippen LogP contribution >= 0.6 is 0 Å². The fourth-order valence-corrected chi connectivity index (χ4v) is 2.99. The number of benzene rings is 2. The maximum Gasteiger partial charge on any atom is 0.287 e. The number of aromatic amines is 1. The normalized spacial score (nSPS) is 10.4. The molecule has 0 spiro atoms. The minimum absolute atomic E-state index is 0.158. The van der Waals surface area contributed by atoms with E-state index in [4.69, 9.17) is 4.74 Å². The molecule has 0 aliphatic carbocycles. The first kappa shape index (κ1) is 21.5. The number of rotatable bonds is 6. The molecule has 0 saturated heterocycles. The molecule has 2 heterocycles. The van der Waals surface area contributed by atoms with Gasteiger partial charge >= 0.3 is 0 Å². The minimum atomic E-state index is -0.606. The number of halogens is 1. The van der Waals surface area contributed by atoms with Crippen LogP contribution in [0.5, 0.6) is 5.75 Å². The van der Waals surface area contributed by atoms with Crippen molar-refractivity contribution >= 4 is 23.3 Å². The summed E-state index contributed by atoms with van der Waals surface area (Å²) in [5.74, 6) is -0.707. The zero-order valence-corrected chi connectivity index (χ0v) is 17.4. The van der Waals surface area contributed by atoms with Crippen molar-refractivity contribution < 1.29 is 18.7 Å². The summed E-state index contributed by atoms with van der Waals surface area (Å²) < 4.78 is 18.6. The summed E-state index contributed by atoms with van der Waals surface area (Å²) >= 11 is 0. The first-order valence-corrected chi connectivity index (χ1v) is 9.81. The first-order chi connectivity index (χ1) is 16.0. The molecular weight excluding hydrogens is 427 g/mol. The number of methoxy groups -OCH3 is 1. The maximum absolute atomic E-state index is 13.4. The topological polar surface area (TPSA) is 121 Å². The number of anilines is 2. The number of pyridine rings is 1. The number of aromatic nitrogens is 3. The standard InChI is InChI=1S/C23H19FN6O3/c1-33-17-9-7-14(8-10-17)19-13-20(28-27-19)23(32)30-29-22(31)18-6-3-11-25-21(18)26-16-5-2-4-15(24)12-16/h2-13H,1H3,(H,25,26)(H,27,28)(H,29,31)(H,30,32). The van der Waals surface area contributed by atoms with Gasteiger partial charge in [0.1, 0.15) is 23.1 Å². The molecule has 4 N–H and O–H groups in total. The van der Waals surface area contributed by atoms with Crippen LogP contribution in [0.1, 0.15) is 20.8 Å². The minimum Gasteiger partial charge on any atom is -0.497 e. The van der Waals surface area contributed by atoms with E-state index in [9.17, 15) is 14.0 Å². The molecule has 4 rings (SSSR count). The van der Waals surface area contributed by atoms with E-state index in [-0.39, 0.29) is 17.1 Å². The van der Waals surface area contributed by atoms with Crippen LogP contribution in [-0.4, -0.2) is 34.1 Å². The Morgan fingerprint density at radius 3 is 2.52 bits per heavy atom. The molecule has 0 bridgehead atoms. The van der Waals surface area contributed by atoms with Crippen molar-refractivity contribution in [2.75, 3.05) is 12.4 Å². The lowest BCUT2D eigenvalue weighted by Crippen LogP contribution is -2.42. The van der Waals surface area contributed by atoms with Crippen molar-refractivity contribution in [2.45, 2.75) is 0 Å². The highest BCUT2D eigenvalue weighted by molar-refractivity contribution is 6.01. The predicted molar refractivity (Wildman–Crippen MR) is 119 cm³/mol. The van der Waals surface area contributed by atoms with Gasteiger partial charge in [0, 0.05) is 17.4 Å². The number of H-pyrrole nitrogens is 1. The van der Waals surface area contributed by atoms with Gasteiger partial charge in [-0.25, -0.2) is 9.37 Å². The Kier molecular flexibility index (Phi) is 6.26. The number of hydrazine groups is 1. The molecule has 9 nitrogen and oxygen atoms in total. The molecule has 2 amide bonds. The number of nitrogens with zero attached hydrogens (tertiary/aromatic N) is 2. The maximum atomic E-state index is 13.4. The molecule has 166 valence electrons. The van der Waals surface area contributed by atoms with Crippen molar-refractivity contribution in [1.82, 2.24) is 26.0 Å². The Labute approximate surface area is 188 Å². The first-order valence-electron chi connectivity index (χ1n) is 9.81. The zero-order valence-electron chi connectivity index (χ0n) is 17.4. The molecule has 0 aliphatic heterocycles. The molecule has 0 radical (unpaired) electrons. The summed E-state index contributed by atoms with van der Waals surface area (Å²) in [6.45, 7) is 0. The summed E-state index contributed by atoms with van der Waals surface area (Å²) in [4.78, 5) is 29.2. The third-order valence-electron chi connectivity index (χ3n) is 4.64. The number of hydrogen-bond donors (Lipinski definition) is 4. The molecular formula is C23H19FN6O3.